The summed E-state index contributed by atoms with van der Waals surface area (Å²) >= 11 is 1.42. The highest BCUT2D eigenvalue weighted by atomic mass is 32.2. The molecule has 0 saturated heterocycles. The van der Waals surface area contributed by atoms with Crippen LogP contribution in [0.1, 0.15) is 11.1 Å². The van der Waals surface area contributed by atoms with Gasteiger partial charge in [0.2, 0.25) is 0 Å². The zero-order valence-electron chi connectivity index (χ0n) is 10.4. The quantitative estimate of drug-likeness (QED) is 0.907. The lowest BCUT2D eigenvalue weighted by molar-refractivity contribution is -0.137. The molecule has 1 heterocycles. The van der Waals surface area contributed by atoms with Crippen LogP contribution in [0.4, 0.5) is 13.2 Å². The molecule has 0 aromatic heterocycles. The average Bonchev–Trinajstić information content (AvgIpc) is 2.37. The Morgan fingerprint density at radius 3 is 2.84 bits per heavy atom. The van der Waals surface area contributed by atoms with Crippen molar-refractivity contribution >= 4 is 16.9 Å². The van der Waals surface area contributed by atoms with Gasteiger partial charge in [-0.15, -0.1) is 0 Å². The minimum Gasteiger partial charge on any atom is -0.352 e. The Morgan fingerprint density at radius 1 is 1.42 bits per heavy atom. The topological polar surface area (TPSA) is 27.6 Å². The summed E-state index contributed by atoms with van der Waals surface area (Å²) in [6.45, 7) is 1.31. The van der Waals surface area contributed by atoms with Gasteiger partial charge in [-0.1, -0.05) is 30.0 Å². The van der Waals surface area contributed by atoms with Gasteiger partial charge in [-0.05, 0) is 18.7 Å². The van der Waals surface area contributed by atoms with Crippen LogP contribution < -0.4 is 5.32 Å². The first-order valence-corrected chi connectivity index (χ1v) is 6.69. The second-order valence-electron chi connectivity index (χ2n) is 4.28. The molecule has 7 heteroatoms. The molecule has 1 aromatic carbocycles. The summed E-state index contributed by atoms with van der Waals surface area (Å²) in [4.78, 5) is 6.26. The first-order valence-electron chi connectivity index (χ1n) is 5.71. The summed E-state index contributed by atoms with van der Waals surface area (Å²) in [7, 11) is 1.94. The number of rotatable bonds is 2. The van der Waals surface area contributed by atoms with E-state index in [1.165, 1.54) is 23.9 Å². The number of hydrogen-bond donors (Lipinski definition) is 1. The van der Waals surface area contributed by atoms with Crippen molar-refractivity contribution in [3.63, 3.8) is 0 Å². The Bertz CT molecular complexity index is 474. The zero-order valence-corrected chi connectivity index (χ0v) is 11.2. The Labute approximate surface area is 113 Å². The van der Waals surface area contributed by atoms with E-state index in [-0.39, 0.29) is 0 Å². The molecule has 0 spiro atoms. The molecule has 1 aromatic rings. The molecule has 0 atom stereocenters. The molecule has 0 aliphatic carbocycles. The molecule has 1 N–H and O–H groups in total. The minimum absolute atomic E-state index is 0.472. The van der Waals surface area contributed by atoms with Crippen LogP contribution in [-0.4, -0.2) is 30.5 Å². The predicted molar refractivity (Wildman–Crippen MR) is 70.8 cm³/mol. The lowest BCUT2D eigenvalue weighted by Crippen LogP contribution is -2.39. The predicted octanol–water partition coefficient (Wildman–Crippen LogP) is 2.74. The van der Waals surface area contributed by atoms with Gasteiger partial charge in [0.1, 0.15) is 0 Å². The SMILES string of the molecule is CN1CN=C(SCc2cccc(C(F)(F)F)c2)NC1. The second-order valence-corrected chi connectivity index (χ2v) is 5.25. The highest BCUT2D eigenvalue weighted by molar-refractivity contribution is 8.13. The van der Waals surface area contributed by atoms with Crippen molar-refractivity contribution in [1.29, 1.82) is 0 Å². The Morgan fingerprint density at radius 2 is 2.21 bits per heavy atom. The number of alkyl halides is 3. The van der Waals surface area contributed by atoms with E-state index in [0.717, 1.165) is 11.2 Å². The van der Waals surface area contributed by atoms with E-state index in [1.807, 2.05) is 11.9 Å². The van der Waals surface area contributed by atoms with E-state index in [1.54, 1.807) is 6.07 Å². The van der Waals surface area contributed by atoms with Gasteiger partial charge >= 0.3 is 6.18 Å². The minimum atomic E-state index is -4.29. The molecule has 3 nitrogen and oxygen atoms in total. The number of thioether (sulfide) groups is 1. The number of nitrogens with one attached hydrogen (secondary N) is 1. The van der Waals surface area contributed by atoms with Crippen molar-refractivity contribution in [2.75, 3.05) is 20.4 Å². The largest absolute Gasteiger partial charge is 0.416 e. The third kappa shape index (κ3) is 4.14. The monoisotopic (exact) mass is 289 g/mol. The summed E-state index contributed by atoms with van der Waals surface area (Å²) in [6.07, 6.45) is -4.29. The number of amidine groups is 1. The van der Waals surface area contributed by atoms with Gasteiger partial charge in [-0.3, -0.25) is 4.90 Å². The van der Waals surface area contributed by atoms with Gasteiger partial charge in [0.05, 0.1) is 18.9 Å². The van der Waals surface area contributed by atoms with E-state index in [0.29, 0.717) is 24.7 Å². The van der Waals surface area contributed by atoms with Gasteiger partial charge in [-0.25, -0.2) is 4.99 Å². The van der Waals surface area contributed by atoms with Crippen molar-refractivity contribution in [3.05, 3.63) is 35.4 Å². The molecule has 2 rings (SSSR count). The van der Waals surface area contributed by atoms with Crippen LogP contribution in [0.3, 0.4) is 0 Å². The van der Waals surface area contributed by atoms with E-state index >= 15 is 0 Å². The molecule has 0 bridgehead atoms. The summed E-state index contributed by atoms with van der Waals surface area (Å²) in [5, 5.41) is 3.87. The third-order valence-electron chi connectivity index (χ3n) is 2.59. The van der Waals surface area contributed by atoms with Gasteiger partial charge in [-0.2, -0.15) is 13.2 Å². The summed E-state index contributed by atoms with van der Waals surface area (Å²) in [5.74, 6) is 0.472. The van der Waals surface area contributed by atoms with Crippen LogP contribution in [0, 0.1) is 0 Å². The van der Waals surface area contributed by atoms with Crippen LogP contribution in [0.5, 0.6) is 0 Å². The van der Waals surface area contributed by atoms with E-state index in [2.05, 4.69) is 10.3 Å². The number of hydrogen-bond acceptors (Lipinski definition) is 4. The van der Waals surface area contributed by atoms with Crippen molar-refractivity contribution in [3.8, 4) is 0 Å². The normalized spacial score (nSPS) is 16.9. The van der Waals surface area contributed by atoms with Crippen LogP contribution in [0.2, 0.25) is 0 Å². The van der Waals surface area contributed by atoms with Crippen LogP contribution in [0.25, 0.3) is 0 Å². The maximum Gasteiger partial charge on any atom is 0.416 e. The average molecular weight is 289 g/mol. The van der Waals surface area contributed by atoms with Gasteiger partial charge in [0, 0.05) is 5.75 Å². The Balaban J connectivity index is 1.97. The van der Waals surface area contributed by atoms with Crippen molar-refractivity contribution in [2.45, 2.75) is 11.9 Å². The van der Waals surface area contributed by atoms with Crippen molar-refractivity contribution in [1.82, 2.24) is 10.2 Å². The number of aliphatic imine (C=N–C) groups is 1. The van der Waals surface area contributed by atoms with Crippen LogP contribution in [-0.2, 0) is 11.9 Å². The van der Waals surface area contributed by atoms with E-state index < -0.39 is 11.7 Å². The summed E-state index contributed by atoms with van der Waals surface area (Å²) in [6, 6.07) is 5.39. The molecule has 0 unspecified atom stereocenters. The molecule has 0 saturated carbocycles. The van der Waals surface area contributed by atoms with Crippen molar-refractivity contribution in [2.24, 2.45) is 4.99 Å². The molecule has 1 aliphatic heterocycles. The summed E-state index contributed by atoms with van der Waals surface area (Å²) < 4.78 is 37.7. The third-order valence-corrected chi connectivity index (χ3v) is 3.61. The molecule has 0 fully saturated rings. The molecular weight excluding hydrogens is 275 g/mol. The first kappa shape index (κ1) is 14.2. The Kier molecular flexibility index (Phi) is 4.36. The maximum absolute atomic E-state index is 12.6. The van der Waals surface area contributed by atoms with E-state index in [9.17, 15) is 13.2 Å². The molecular formula is C12H14F3N3S. The van der Waals surface area contributed by atoms with Gasteiger partial charge in [0.15, 0.2) is 5.17 Å². The number of benzene rings is 1. The zero-order chi connectivity index (χ0) is 13.9. The summed E-state index contributed by atoms with van der Waals surface area (Å²) in [5.41, 5.74) is 0.0344. The fourth-order valence-corrected chi connectivity index (χ4v) is 2.38. The second kappa shape index (κ2) is 5.83. The lowest BCUT2D eigenvalue weighted by Gasteiger charge is -2.22. The Hall–Kier alpha value is -1.21. The molecule has 19 heavy (non-hydrogen) atoms. The highest BCUT2D eigenvalue weighted by Crippen LogP contribution is 2.30. The fraction of sp³-hybridized carbons (Fsp3) is 0.417. The lowest BCUT2D eigenvalue weighted by atomic mass is 10.1. The van der Waals surface area contributed by atoms with Crippen LogP contribution >= 0.6 is 11.8 Å². The number of halogens is 3. The van der Waals surface area contributed by atoms with Crippen LogP contribution in [0.15, 0.2) is 29.3 Å². The smallest absolute Gasteiger partial charge is 0.352 e. The fourth-order valence-electron chi connectivity index (χ4n) is 1.58. The molecule has 1 aliphatic rings. The molecule has 0 radical (unpaired) electrons. The molecule has 0 amide bonds. The maximum atomic E-state index is 12.6. The number of nitrogens with zero attached hydrogens (tertiary/aromatic N) is 2. The van der Waals surface area contributed by atoms with Gasteiger partial charge < -0.3 is 5.32 Å². The van der Waals surface area contributed by atoms with E-state index in [4.69, 9.17) is 0 Å². The van der Waals surface area contributed by atoms with Gasteiger partial charge in [0.25, 0.3) is 0 Å². The first-order chi connectivity index (χ1) is 8.95. The molecule has 104 valence electrons. The standard InChI is InChI=1S/C12H14F3N3S/c1-18-7-16-11(17-8-18)19-6-9-3-2-4-10(5-9)12(13,14)15/h2-5H,6-8H2,1H3,(H,16,17). The van der Waals surface area contributed by atoms with Crippen molar-refractivity contribution < 1.29 is 13.2 Å². The highest BCUT2D eigenvalue weighted by Gasteiger charge is 2.30.